The lowest BCUT2D eigenvalue weighted by molar-refractivity contribution is -0.149. The van der Waals surface area contributed by atoms with Crippen LogP contribution in [0.5, 0.6) is 0 Å². The molecule has 4 rings (SSSR count). The van der Waals surface area contributed by atoms with E-state index in [0.29, 0.717) is 41.3 Å². The number of amides is 1. The smallest absolute Gasteiger partial charge is 0.304 e. The summed E-state index contributed by atoms with van der Waals surface area (Å²) in [6.07, 6.45) is 4.79. The van der Waals surface area contributed by atoms with Crippen LogP contribution in [0.3, 0.4) is 0 Å². The van der Waals surface area contributed by atoms with Crippen molar-refractivity contribution in [2.75, 3.05) is 0 Å². The fourth-order valence-corrected chi connectivity index (χ4v) is 7.15. The third-order valence-electron chi connectivity index (χ3n) is 7.46. The maximum absolute atomic E-state index is 13.1. The molecule has 8 nitrogen and oxygen atoms in total. The molecular formula is C26H31Cl2N3O5S. The predicted molar refractivity (Wildman–Crippen MR) is 142 cm³/mol. The molecule has 3 N–H and O–H groups in total. The summed E-state index contributed by atoms with van der Waals surface area (Å²) in [4.78, 5) is 28.9. The number of benzene rings is 1. The zero-order valence-corrected chi connectivity index (χ0v) is 23.0. The molecule has 2 fully saturated rings. The van der Waals surface area contributed by atoms with E-state index in [1.165, 1.54) is 6.20 Å². The van der Waals surface area contributed by atoms with Gasteiger partial charge in [-0.3, -0.25) is 14.6 Å². The van der Waals surface area contributed by atoms with Crippen molar-refractivity contribution < 1.29 is 23.1 Å². The average molecular weight is 569 g/mol. The first-order valence-electron chi connectivity index (χ1n) is 12.3. The molecule has 1 aromatic carbocycles. The Morgan fingerprint density at radius 1 is 1.22 bits per heavy atom. The van der Waals surface area contributed by atoms with Crippen LogP contribution in [0.1, 0.15) is 69.2 Å². The molecule has 5 unspecified atom stereocenters. The zero-order valence-electron chi connectivity index (χ0n) is 20.7. The summed E-state index contributed by atoms with van der Waals surface area (Å²) in [5, 5.41) is 13.1. The summed E-state index contributed by atoms with van der Waals surface area (Å²) in [5.41, 5.74) is 0.403. The van der Waals surface area contributed by atoms with E-state index >= 15 is 0 Å². The van der Waals surface area contributed by atoms with Gasteiger partial charge in [0, 0.05) is 23.5 Å². The summed E-state index contributed by atoms with van der Waals surface area (Å²) < 4.78 is 28.7. The number of carboxylic acid groups (broad SMARTS) is 1. The highest BCUT2D eigenvalue weighted by Gasteiger charge is 2.48. The summed E-state index contributed by atoms with van der Waals surface area (Å²) in [7, 11) is -3.52. The van der Waals surface area contributed by atoms with Crippen molar-refractivity contribution in [3.63, 3.8) is 0 Å². The number of halogens is 2. The van der Waals surface area contributed by atoms with Crippen molar-refractivity contribution in [3.05, 3.63) is 63.9 Å². The Labute approximate surface area is 227 Å². The summed E-state index contributed by atoms with van der Waals surface area (Å²) in [6, 6.07) is 7.93. The molecular weight excluding hydrogens is 537 g/mol. The molecule has 1 aromatic heterocycles. The Hall–Kier alpha value is -2.20. The van der Waals surface area contributed by atoms with Gasteiger partial charge in [0.2, 0.25) is 15.9 Å². The average Bonchev–Trinajstić information content (AvgIpc) is 3.66. The van der Waals surface area contributed by atoms with Gasteiger partial charge in [-0.05, 0) is 66.8 Å². The number of hydrogen-bond acceptors (Lipinski definition) is 5. The fraction of sp³-hybridized carbons (Fsp3) is 0.500. The van der Waals surface area contributed by atoms with Crippen LogP contribution in [-0.4, -0.2) is 35.6 Å². The quantitative estimate of drug-likeness (QED) is 0.375. The van der Waals surface area contributed by atoms with Crippen LogP contribution in [0.15, 0.2) is 42.7 Å². The molecule has 0 radical (unpaired) electrons. The minimum absolute atomic E-state index is 0.125. The Bertz CT molecular complexity index is 1270. The Kier molecular flexibility index (Phi) is 8.19. The van der Waals surface area contributed by atoms with Crippen molar-refractivity contribution >= 4 is 45.1 Å². The third kappa shape index (κ3) is 6.63. The van der Waals surface area contributed by atoms with Gasteiger partial charge in [-0.15, -0.1) is 0 Å². The summed E-state index contributed by atoms with van der Waals surface area (Å²) in [6.45, 7) is 3.67. The van der Waals surface area contributed by atoms with Crippen LogP contribution in [0.25, 0.3) is 0 Å². The molecule has 5 atom stereocenters. The highest BCUT2D eigenvalue weighted by Crippen LogP contribution is 2.46. The highest BCUT2D eigenvalue weighted by molar-refractivity contribution is 7.90. The van der Waals surface area contributed by atoms with Gasteiger partial charge in [-0.25, -0.2) is 13.1 Å². The standard InChI is InChI=1S/C26H31Cl2N3O5S/c1-15(9-22(17-10-19(28)14-29-13-17)31-37(35,36)20-7-8-20)21-11-26(2,12-23(32)33)25(34)30-24(21)16-3-5-18(27)6-4-16/h3-6,10,13-15,20-22,24,31H,7-9,11-12H2,1-2H3,(H,30,34)(H,32,33). The van der Waals surface area contributed by atoms with E-state index in [1.54, 1.807) is 31.3 Å². The minimum atomic E-state index is -3.52. The molecule has 1 amide bonds. The van der Waals surface area contributed by atoms with Crippen LogP contribution >= 0.6 is 23.2 Å². The van der Waals surface area contributed by atoms with Gasteiger partial charge in [0.15, 0.2) is 0 Å². The van der Waals surface area contributed by atoms with E-state index in [0.717, 1.165) is 5.56 Å². The molecule has 1 saturated heterocycles. The number of carbonyl (C=O) groups excluding carboxylic acids is 1. The second-order valence-electron chi connectivity index (χ2n) is 10.6. The van der Waals surface area contributed by atoms with Crippen molar-refractivity contribution in [1.82, 2.24) is 15.0 Å². The summed E-state index contributed by atoms with van der Waals surface area (Å²) >= 11 is 12.3. The van der Waals surface area contributed by atoms with Gasteiger partial charge < -0.3 is 10.4 Å². The van der Waals surface area contributed by atoms with Crippen molar-refractivity contribution in [1.29, 1.82) is 0 Å². The van der Waals surface area contributed by atoms with Crippen molar-refractivity contribution in [2.24, 2.45) is 17.3 Å². The first-order valence-corrected chi connectivity index (χ1v) is 14.6. The van der Waals surface area contributed by atoms with Gasteiger partial charge in [-0.2, -0.15) is 0 Å². The van der Waals surface area contributed by atoms with E-state index in [9.17, 15) is 23.1 Å². The fourth-order valence-electron chi connectivity index (χ4n) is 5.26. The van der Waals surface area contributed by atoms with Gasteiger partial charge >= 0.3 is 5.97 Å². The normalized spacial score (nSPS) is 25.8. The van der Waals surface area contributed by atoms with E-state index < -0.39 is 32.7 Å². The van der Waals surface area contributed by atoms with Gasteiger partial charge in [-0.1, -0.05) is 49.2 Å². The molecule has 1 saturated carbocycles. The van der Waals surface area contributed by atoms with Crippen LogP contribution in [-0.2, 0) is 19.6 Å². The molecule has 200 valence electrons. The lowest BCUT2D eigenvalue weighted by Gasteiger charge is -2.45. The Morgan fingerprint density at radius 3 is 2.49 bits per heavy atom. The first-order chi connectivity index (χ1) is 17.4. The number of carboxylic acids is 1. The number of pyridine rings is 1. The topological polar surface area (TPSA) is 125 Å². The molecule has 37 heavy (non-hydrogen) atoms. The lowest BCUT2D eigenvalue weighted by Crippen LogP contribution is -2.52. The highest BCUT2D eigenvalue weighted by atomic mass is 35.5. The molecule has 2 aromatic rings. The molecule has 1 aliphatic heterocycles. The maximum atomic E-state index is 13.1. The molecule has 0 bridgehead atoms. The number of aliphatic carboxylic acids is 1. The van der Waals surface area contributed by atoms with Crippen LogP contribution in [0, 0.1) is 17.3 Å². The number of nitrogens with zero attached hydrogens (tertiary/aromatic N) is 1. The molecule has 2 aliphatic rings. The number of piperidine rings is 1. The predicted octanol–water partition coefficient (Wildman–Crippen LogP) is 4.90. The monoisotopic (exact) mass is 567 g/mol. The van der Waals surface area contributed by atoms with Gasteiger partial charge in [0.1, 0.15) is 0 Å². The van der Waals surface area contributed by atoms with Crippen LogP contribution in [0.4, 0.5) is 0 Å². The zero-order chi connectivity index (χ0) is 27.0. The summed E-state index contributed by atoms with van der Waals surface area (Å²) in [5.74, 6) is -1.67. The molecule has 2 heterocycles. The van der Waals surface area contributed by atoms with E-state index in [4.69, 9.17) is 23.2 Å². The van der Waals surface area contributed by atoms with Crippen LogP contribution in [0.2, 0.25) is 10.0 Å². The minimum Gasteiger partial charge on any atom is -0.481 e. The SMILES string of the molecule is CC(CC(NS(=O)(=O)C1CC1)c1cncc(Cl)c1)C1CC(C)(CC(=O)O)C(=O)NC1c1ccc(Cl)cc1. The van der Waals surface area contributed by atoms with E-state index in [2.05, 4.69) is 15.0 Å². The van der Waals surface area contributed by atoms with Crippen molar-refractivity contribution in [3.8, 4) is 0 Å². The van der Waals surface area contributed by atoms with Crippen LogP contribution < -0.4 is 10.0 Å². The Morgan fingerprint density at radius 2 is 1.89 bits per heavy atom. The Balaban J connectivity index is 1.67. The maximum Gasteiger partial charge on any atom is 0.304 e. The van der Waals surface area contributed by atoms with E-state index in [1.807, 2.05) is 19.1 Å². The molecule has 0 spiro atoms. The second-order valence-corrected chi connectivity index (χ2v) is 13.4. The number of hydrogen-bond donors (Lipinski definition) is 3. The number of rotatable bonds is 10. The number of aromatic nitrogens is 1. The first kappa shape index (κ1) is 27.8. The number of carbonyl (C=O) groups is 2. The lowest BCUT2D eigenvalue weighted by atomic mass is 9.66. The third-order valence-corrected chi connectivity index (χ3v) is 9.88. The largest absolute Gasteiger partial charge is 0.481 e. The van der Waals surface area contributed by atoms with Gasteiger partial charge in [0.05, 0.1) is 28.2 Å². The molecule has 1 aliphatic carbocycles. The van der Waals surface area contributed by atoms with Crippen molar-refractivity contribution in [2.45, 2.75) is 63.3 Å². The molecule has 11 heteroatoms. The van der Waals surface area contributed by atoms with E-state index in [-0.39, 0.29) is 30.2 Å². The number of sulfonamides is 1. The van der Waals surface area contributed by atoms with Gasteiger partial charge in [0.25, 0.3) is 0 Å². The second kappa shape index (κ2) is 10.9. The number of nitrogens with one attached hydrogen (secondary N) is 2.